The van der Waals surface area contributed by atoms with E-state index in [1.165, 1.54) is 11.3 Å². The second-order valence-corrected chi connectivity index (χ2v) is 5.94. The number of β-amino-alcohol motifs (C(OH)–C–C–N with tert-alkyl or cyclic N) is 1. The number of carbonyl (C=O) groups is 1. The molecule has 0 saturated carbocycles. The molecule has 1 aliphatic heterocycles. The zero-order valence-corrected chi connectivity index (χ0v) is 12.9. The highest BCUT2D eigenvalue weighted by Gasteiger charge is 2.28. The summed E-state index contributed by atoms with van der Waals surface area (Å²) in [5.74, 6) is 0.573. The number of aliphatic hydroxyl groups excluding tert-OH is 1. The number of benzene rings is 1. The molecule has 1 aromatic carbocycles. The van der Waals surface area contributed by atoms with E-state index >= 15 is 0 Å². The van der Waals surface area contributed by atoms with E-state index in [1.54, 1.807) is 7.11 Å². The van der Waals surface area contributed by atoms with E-state index in [0.29, 0.717) is 18.1 Å². The van der Waals surface area contributed by atoms with Crippen molar-refractivity contribution < 1.29 is 14.6 Å². The van der Waals surface area contributed by atoms with Crippen LogP contribution in [0, 0.1) is 0 Å². The summed E-state index contributed by atoms with van der Waals surface area (Å²) in [5.41, 5.74) is 1.65. The van der Waals surface area contributed by atoms with Gasteiger partial charge in [-0.15, -0.1) is 11.3 Å². The molecule has 1 saturated heterocycles. The van der Waals surface area contributed by atoms with Crippen LogP contribution in [0.2, 0.25) is 0 Å². The molecule has 1 fully saturated rings. The molecule has 0 radical (unpaired) electrons. The summed E-state index contributed by atoms with van der Waals surface area (Å²) < 4.78 is 5.32. The highest BCUT2D eigenvalue weighted by atomic mass is 32.1. The summed E-state index contributed by atoms with van der Waals surface area (Å²) in [7, 11) is 1.62. The Morgan fingerprint density at radius 3 is 3.05 bits per heavy atom. The molecule has 0 bridgehead atoms. The molecule has 0 spiro atoms. The smallest absolute Gasteiger partial charge is 0.243 e. The fourth-order valence-corrected chi connectivity index (χ4v) is 3.13. The predicted octanol–water partition coefficient (Wildman–Crippen LogP) is 1.48. The largest absolute Gasteiger partial charge is 0.496 e. The van der Waals surface area contributed by atoms with Crippen LogP contribution in [0.1, 0.15) is 6.42 Å². The number of hydrogen-bond acceptors (Lipinski definition) is 6. The Labute approximate surface area is 132 Å². The van der Waals surface area contributed by atoms with Crippen LogP contribution in [-0.4, -0.2) is 41.8 Å². The van der Waals surface area contributed by atoms with E-state index in [4.69, 9.17) is 4.74 Å². The number of nitrogens with zero attached hydrogens (tertiary/aromatic N) is 1. The number of hydrogen-bond donors (Lipinski definition) is 3. The number of thiazole rings is 1. The number of anilines is 1. The van der Waals surface area contributed by atoms with Crippen LogP contribution in [0.4, 0.5) is 5.13 Å². The van der Waals surface area contributed by atoms with Gasteiger partial charge in [0, 0.05) is 17.5 Å². The maximum atomic E-state index is 12.1. The molecule has 7 heteroatoms. The van der Waals surface area contributed by atoms with Crippen LogP contribution >= 0.6 is 11.3 Å². The zero-order chi connectivity index (χ0) is 15.5. The van der Waals surface area contributed by atoms with Gasteiger partial charge >= 0.3 is 0 Å². The number of aliphatic hydroxyl groups is 1. The molecule has 1 aromatic heterocycles. The molecular formula is C15H17N3O3S. The Morgan fingerprint density at radius 1 is 1.50 bits per heavy atom. The van der Waals surface area contributed by atoms with Crippen LogP contribution in [-0.2, 0) is 4.79 Å². The fraction of sp³-hybridized carbons (Fsp3) is 0.333. The predicted molar refractivity (Wildman–Crippen MR) is 85.1 cm³/mol. The lowest BCUT2D eigenvalue weighted by Gasteiger charge is -2.08. The number of aromatic nitrogens is 1. The summed E-state index contributed by atoms with van der Waals surface area (Å²) >= 11 is 1.36. The topological polar surface area (TPSA) is 83.5 Å². The minimum Gasteiger partial charge on any atom is -0.496 e. The quantitative estimate of drug-likeness (QED) is 0.795. The maximum Gasteiger partial charge on any atom is 0.243 e. The van der Waals surface area contributed by atoms with Crippen LogP contribution in [0.3, 0.4) is 0 Å². The third-order valence-corrected chi connectivity index (χ3v) is 4.30. The molecule has 1 aliphatic rings. The molecular weight excluding hydrogens is 302 g/mol. The second kappa shape index (κ2) is 6.43. The third-order valence-electron chi connectivity index (χ3n) is 3.54. The normalized spacial score (nSPS) is 20.8. The first-order valence-corrected chi connectivity index (χ1v) is 7.86. The number of para-hydroxylation sites is 1. The van der Waals surface area contributed by atoms with Gasteiger partial charge < -0.3 is 20.5 Å². The number of carbonyl (C=O) groups excluding carboxylic acids is 1. The molecule has 3 rings (SSSR count). The molecule has 2 heterocycles. The van der Waals surface area contributed by atoms with E-state index in [2.05, 4.69) is 15.6 Å². The van der Waals surface area contributed by atoms with E-state index in [9.17, 15) is 9.90 Å². The lowest BCUT2D eigenvalue weighted by molar-refractivity contribution is -0.117. The van der Waals surface area contributed by atoms with Crippen molar-refractivity contribution in [1.82, 2.24) is 10.3 Å². The third kappa shape index (κ3) is 3.11. The number of rotatable bonds is 4. The molecule has 2 aromatic rings. The minimum atomic E-state index is -0.462. The van der Waals surface area contributed by atoms with Gasteiger partial charge in [0.15, 0.2) is 5.13 Å². The van der Waals surface area contributed by atoms with Gasteiger partial charge in [-0.25, -0.2) is 4.98 Å². The van der Waals surface area contributed by atoms with E-state index in [-0.39, 0.29) is 11.9 Å². The fourth-order valence-electron chi connectivity index (χ4n) is 2.42. The lowest BCUT2D eigenvalue weighted by Crippen LogP contribution is -2.35. The van der Waals surface area contributed by atoms with Crippen molar-refractivity contribution in [3.05, 3.63) is 29.6 Å². The molecule has 1 amide bonds. The number of amides is 1. The van der Waals surface area contributed by atoms with Gasteiger partial charge in [0.1, 0.15) is 5.75 Å². The van der Waals surface area contributed by atoms with Gasteiger partial charge in [0.25, 0.3) is 0 Å². The van der Waals surface area contributed by atoms with Gasteiger partial charge in [0.2, 0.25) is 5.91 Å². The first kappa shape index (κ1) is 15.0. The first-order chi connectivity index (χ1) is 10.7. The lowest BCUT2D eigenvalue weighted by atomic mass is 10.1. The Bertz CT molecular complexity index is 674. The molecule has 116 valence electrons. The number of nitrogens with one attached hydrogen (secondary N) is 2. The van der Waals surface area contributed by atoms with Gasteiger partial charge in [-0.2, -0.15) is 0 Å². The van der Waals surface area contributed by atoms with Crippen LogP contribution in [0.5, 0.6) is 5.75 Å². The van der Waals surface area contributed by atoms with Gasteiger partial charge in [-0.3, -0.25) is 4.79 Å². The van der Waals surface area contributed by atoms with Crippen molar-refractivity contribution >= 4 is 22.4 Å². The van der Waals surface area contributed by atoms with Gasteiger partial charge in [0.05, 0.1) is 24.9 Å². The summed E-state index contributed by atoms with van der Waals surface area (Å²) in [6.45, 7) is 0.447. The monoisotopic (exact) mass is 319 g/mol. The van der Waals surface area contributed by atoms with Crippen molar-refractivity contribution in [2.45, 2.75) is 18.6 Å². The first-order valence-electron chi connectivity index (χ1n) is 6.98. The highest BCUT2D eigenvalue weighted by molar-refractivity contribution is 7.14. The van der Waals surface area contributed by atoms with E-state index in [1.807, 2.05) is 29.6 Å². The maximum absolute atomic E-state index is 12.1. The second-order valence-electron chi connectivity index (χ2n) is 5.08. The van der Waals surface area contributed by atoms with Crippen molar-refractivity contribution in [3.8, 4) is 17.0 Å². The van der Waals surface area contributed by atoms with Crippen molar-refractivity contribution in [3.63, 3.8) is 0 Å². The number of ether oxygens (including phenoxy) is 1. The summed E-state index contributed by atoms with van der Waals surface area (Å²) in [4.78, 5) is 16.5. The van der Waals surface area contributed by atoms with Crippen LogP contribution in [0.15, 0.2) is 29.6 Å². The van der Waals surface area contributed by atoms with E-state index in [0.717, 1.165) is 17.0 Å². The van der Waals surface area contributed by atoms with Crippen LogP contribution in [0.25, 0.3) is 11.3 Å². The van der Waals surface area contributed by atoms with E-state index < -0.39 is 6.10 Å². The summed E-state index contributed by atoms with van der Waals surface area (Å²) in [6.07, 6.45) is -0.0347. The minimum absolute atomic E-state index is 0.169. The summed E-state index contributed by atoms with van der Waals surface area (Å²) in [6, 6.07) is 7.24. The standard InChI is InChI=1S/C15H17N3O3S/c1-21-13-5-3-2-4-10(13)12-8-22-15(17-12)18-14(20)11-6-9(19)7-16-11/h2-5,8-9,11,16,19H,6-7H2,1H3,(H,17,18,20). The van der Waals surface area contributed by atoms with Crippen molar-refractivity contribution in [1.29, 1.82) is 0 Å². The van der Waals surface area contributed by atoms with Gasteiger partial charge in [-0.05, 0) is 18.6 Å². The molecule has 3 N–H and O–H groups in total. The SMILES string of the molecule is COc1ccccc1-c1csc(NC(=O)C2CC(O)CN2)n1. The summed E-state index contributed by atoms with van der Waals surface area (Å²) in [5, 5.41) is 17.6. The average Bonchev–Trinajstić information content (AvgIpc) is 3.16. The Balaban J connectivity index is 1.72. The molecule has 22 heavy (non-hydrogen) atoms. The molecule has 0 aliphatic carbocycles. The zero-order valence-electron chi connectivity index (χ0n) is 12.1. The van der Waals surface area contributed by atoms with Gasteiger partial charge in [-0.1, -0.05) is 12.1 Å². The Kier molecular flexibility index (Phi) is 4.37. The molecule has 2 atom stereocenters. The highest BCUT2D eigenvalue weighted by Crippen LogP contribution is 2.31. The van der Waals surface area contributed by atoms with Crippen molar-refractivity contribution in [2.24, 2.45) is 0 Å². The molecule has 2 unspecified atom stereocenters. The Morgan fingerprint density at radius 2 is 2.32 bits per heavy atom. The van der Waals surface area contributed by atoms with Crippen molar-refractivity contribution in [2.75, 3.05) is 19.0 Å². The number of methoxy groups -OCH3 is 1. The Hall–Kier alpha value is -1.96. The average molecular weight is 319 g/mol. The van der Waals surface area contributed by atoms with Crippen LogP contribution < -0.4 is 15.4 Å². The molecule has 6 nitrogen and oxygen atoms in total.